The van der Waals surface area contributed by atoms with Crippen LogP contribution in [-0.2, 0) is 14.8 Å². The molecule has 6 heteroatoms. The fourth-order valence-electron chi connectivity index (χ4n) is 3.24. The molecule has 30 heavy (non-hydrogen) atoms. The van der Waals surface area contributed by atoms with E-state index >= 15 is 0 Å². The molecule has 0 spiro atoms. The summed E-state index contributed by atoms with van der Waals surface area (Å²) in [5.74, 6) is -0.406. The number of rotatable bonds is 6. The molecule has 3 aromatic carbocycles. The number of carbonyl (C=O) groups is 1. The Morgan fingerprint density at radius 2 is 1.27 bits per heavy atom. The number of hydrogen-bond donors (Lipinski definition) is 1. The number of aryl methyl sites for hydroxylation is 4. The van der Waals surface area contributed by atoms with Crippen molar-refractivity contribution in [3.8, 4) is 0 Å². The molecule has 5 nitrogen and oxygen atoms in total. The van der Waals surface area contributed by atoms with Crippen molar-refractivity contribution < 1.29 is 13.2 Å². The van der Waals surface area contributed by atoms with Crippen molar-refractivity contribution in [2.24, 2.45) is 0 Å². The highest BCUT2D eigenvalue weighted by Crippen LogP contribution is 2.25. The lowest BCUT2D eigenvalue weighted by Gasteiger charge is -2.24. The van der Waals surface area contributed by atoms with E-state index in [-0.39, 0.29) is 11.4 Å². The summed E-state index contributed by atoms with van der Waals surface area (Å²) < 4.78 is 27.9. The standard InChI is InChI=1S/C24H26N2O3S/c1-17-5-9-22(10-6-17)26(30(28,29)23-11-7-18(2)8-12-23)16-24(27)25-21-14-19(3)13-20(4)15-21/h5-15H,16H2,1-4H3,(H,25,27). The number of anilines is 2. The third-order valence-corrected chi connectivity index (χ3v) is 6.51. The molecule has 0 atom stereocenters. The second kappa shape index (κ2) is 8.71. The van der Waals surface area contributed by atoms with Gasteiger partial charge in [0.15, 0.2) is 0 Å². The van der Waals surface area contributed by atoms with Gasteiger partial charge in [-0.3, -0.25) is 9.10 Å². The van der Waals surface area contributed by atoms with Crippen LogP contribution in [0, 0.1) is 27.7 Å². The average molecular weight is 423 g/mol. The molecule has 0 unspecified atom stereocenters. The zero-order valence-corrected chi connectivity index (χ0v) is 18.5. The Labute approximate surface area is 178 Å². The van der Waals surface area contributed by atoms with E-state index < -0.39 is 15.9 Å². The van der Waals surface area contributed by atoms with E-state index in [4.69, 9.17) is 0 Å². The normalized spacial score (nSPS) is 11.2. The van der Waals surface area contributed by atoms with Crippen LogP contribution < -0.4 is 9.62 Å². The highest BCUT2D eigenvalue weighted by molar-refractivity contribution is 7.92. The molecule has 0 aliphatic heterocycles. The maximum atomic E-state index is 13.4. The summed E-state index contributed by atoms with van der Waals surface area (Å²) >= 11 is 0. The third kappa shape index (κ3) is 5.07. The molecule has 0 aliphatic rings. The van der Waals surface area contributed by atoms with Crippen LogP contribution in [0.2, 0.25) is 0 Å². The van der Waals surface area contributed by atoms with Gasteiger partial charge < -0.3 is 5.32 Å². The first kappa shape index (κ1) is 21.6. The van der Waals surface area contributed by atoms with Crippen LogP contribution in [0.5, 0.6) is 0 Å². The molecule has 3 rings (SSSR count). The maximum Gasteiger partial charge on any atom is 0.264 e. The number of benzene rings is 3. The summed E-state index contributed by atoms with van der Waals surface area (Å²) in [5, 5.41) is 2.82. The number of hydrogen-bond acceptors (Lipinski definition) is 3. The molecule has 3 aromatic rings. The van der Waals surface area contributed by atoms with Gasteiger partial charge in [-0.25, -0.2) is 8.42 Å². The van der Waals surface area contributed by atoms with E-state index in [1.807, 2.05) is 58.0 Å². The van der Waals surface area contributed by atoms with Gasteiger partial charge in [-0.05, 0) is 75.2 Å². The quantitative estimate of drug-likeness (QED) is 0.623. The molecule has 0 fully saturated rings. The lowest BCUT2D eigenvalue weighted by atomic mass is 10.1. The molecule has 0 radical (unpaired) electrons. The second-order valence-electron chi connectivity index (χ2n) is 7.58. The summed E-state index contributed by atoms with van der Waals surface area (Å²) in [6.07, 6.45) is 0. The Bertz CT molecular complexity index is 1130. The van der Waals surface area contributed by atoms with Crippen molar-refractivity contribution in [3.05, 3.63) is 89.0 Å². The van der Waals surface area contributed by atoms with E-state index in [0.717, 1.165) is 26.6 Å². The maximum absolute atomic E-state index is 13.4. The molecule has 0 aromatic heterocycles. The van der Waals surface area contributed by atoms with E-state index in [0.29, 0.717) is 11.4 Å². The van der Waals surface area contributed by atoms with Crippen molar-refractivity contribution in [1.29, 1.82) is 0 Å². The zero-order chi connectivity index (χ0) is 21.9. The summed E-state index contributed by atoms with van der Waals surface area (Å²) in [6, 6.07) is 19.4. The number of nitrogens with one attached hydrogen (secondary N) is 1. The van der Waals surface area contributed by atoms with Crippen LogP contribution in [-0.4, -0.2) is 20.9 Å². The van der Waals surface area contributed by atoms with E-state index in [2.05, 4.69) is 5.32 Å². The van der Waals surface area contributed by atoms with Gasteiger partial charge in [-0.1, -0.05) is 41.5 Å². The van der Waals surface area contributed by atoms with Gasteiger partial charge in [-0.2, -0.15) is 0 Å². The average Bonchev–Trinajstić information content (AvgIpc) is 2.66. The Balaban J connectivity index is 1.94. The minimum atomic E-state index is -3.91. The van der Waals surface area contributed by atoms with Crippen LogP contribution >= 0.6 is 0 Å². The molecule has 0 aliphatic carbocycles. The summed E-state index contributed by atoms with van der Waals surface area (Å²) in [7, 11) is -3.91. The number of nitrogens with zero attached hydrogens (tertiary/aromatic N) is 1. The fraction of sp³-hybridized carbons (Fsp3) is 0.208. The number of carbonyl (C=O) groups excluding carboxylic acids is 1. The van der Waals surface area contributed by atoms with Gasteiger partial charge in [0.25, 0.3) is 10.0 Å². The van der Waals surface area contributed by atoms with Crippen LogP contribution in [0.1, 0.15) is 22.3 Å². The topological polar surface area (TPSA) is 66.5 Å². The first-order valence-electron chi connectivity index (χ1n) is 9.69. The van der Waals surface area contributed by atoms with Crippen molar-refractivity contribution >= 4 is 27.3 Å². The minimum Gasteiger partial charge on any atom is -0.324 e. The Morgan fingerprint density at radius 3 is 1.80 bits per heavy atom. The molecule has 1 amide bonds. The van der Waals surface area contributed by atoms with Gasteiger partial charge in [0.2, 0.25) is 5.91 Å². The zero-order valence-electron chi connectivity index (χ0n) is 17.6. The largest absolute Gasteiger partial charge is 0.324 e. The molecule has 156 valence electrons. The third-order valence-electron chi connectivity index (χ3n) is 4.72. The van der Waals surface area contributed by atoms with Gasteiger partial charge in [0.05, 0.1) is 10.6 Å². The van der Waals surface area contributed by atoms with Crippen LogP contribution in [0.4, 0.5) is 11.4 Å². The molecule has 0 bridgehead atoms. The van der Waals surface area contributed by atoms with Crippen LogP contribution in [0.25, 0.3) is 0 Å². The molecule has 1 N–H and O–H groups in total. The first-order valence-corrected chi connectivity index (χ1v) is 11.1. The SMILES string of the molecule is Cc1ccc(N(CC(=O)Nc2cc(C)cc(C)c2)S(=O)(=O)c2ccc(C)cc2)cc1. The minimum absolute atomic E-state index is 0.146. The number of amides is 1. The van der Waals surface area contributed by atoms with Gasteiger partial charge in [0, 0.05) is 5.69 Å². The smallest absolute Gasteiger partial charge is 0.264 e. The van der Waals surface area contributed by atoms with Crippen molar-refractivity contribution in [2.75, 3.05) is 16.2 Å². The number of sulfonamides is 1. The predicted octanol–water partition coefficient (Wildman–Crippen LogP) is 4.75. The molecule has 0 saturated carbocycles. The van der Waals surface area contributed by atoms with E-state index in [9.17, 15) is 13.2 Å². The Morgan fingerprint density at radius 1 is 0.767 bits per heavy atom. The van der Waals surface area contributed by atoms with E-state index in [1.54, 1.807) is 36.4 Å². The highest BCUT2D eigenvalue weighted by Gasteiger charge is 2.27. The van der Waals surface area contributed by atoms with Gasteiger partial charge >= 0.3 is 0 Å². The van der Waals surface area contributed by atoms with Gasteiger partial charge in [-0.15, -0.1) is 0 Å². The Kier molecular flexibility index (Phi) is 6.27. The van der Waals surface area contributed by atoms with Crippen molar-refractivity contribution in [1.82, 2.24) is 0 Å². The molecular formula is C24H26N2O3S. The van der Waals surface area contributed by atoms with Crippen LogP contribution in [0.3, 0.4) is 0 Å². The summed E-state index contributed by atoms with van der Waals surface area (Å²) in [6.45, 7) is 7.39. The monoisotopic (exact) mass is 422 g/mol. The van der Waals surface area contributed by atoms with E-state index in [1.165, 1.54) is 0 Å². The first-order chi connectivity index (χ1) is 14.1. The highest BCUT2D eigenvalue weighted by atomic mass is 32.2. The summed E-state index contributed by atoms with van der Waals surface area (Å²) in [4.78, 5) is 12.9. The molecular weight excluding hydrogens is 396 g/mol. The van der Waals surface area contributed by atoms with Crippen LogP contribution in [0.15, 0.2) is 71.6 Å². The summed E-state index contributed by atoms with van der Waals surface area (Å²) in [5.41, 5.74) is 5.10. The van der Waals surface area contributed by atoms with Crippen molar-refractivity contribution in [2.45, 2.75) is 32.6 Å². The second-order valence-corrected chi connectivity index (χ2v) is 9.45. The Hall–Kier alpha value is -3.12. The lowest BCUT2D eigenvalue weighted by molar-refractivity contribution is -0.114. The fourth-order valence-corrected chi connectivity index (χ4v) is 4.66. The molecule has 0 saturated heterocycles. The lowest BCUT2D eigenvalue weighted by Crippen LogP contribution is -2.38. The van der Waals surface area contributed by atoms with Crippen molar-refractivity contribution in [3.63, 3.8) is 0 Å². The van der Waals surface area contributed by atoms with Gasteiger partial charge in [0.1, 0.15) is 6.54 Å². The molecule has 0 heterocycles. The predicted molar refractivity (Wildman–Crippen MR) is 121 cm³/mol.